The van der Waals surface area contributed by atoms with E-state index < -0.39 is 0 Å². The van der Waals surface area contributed by atoms with E-state index in [9.17, 15) is 4.79 Å². The summed E-state index contributed by atoms with van der Waals surface area (Å²) in [5.74, 6) is -0.0201. The third-order valence-corrected chi connectivity index (χ3v) is 3.06. The highest BCUT2D eigenvalue weighted by atomic mass is 32.1. The van der Waals surface area contributed by atoms with E-state index in [4.69, 9.17) is 5.11 Å². The summed E-state index contributed by atoms with van der Waals surface area (Å²) in [6.07, 6.45) is 0.700. The Bertz CT molecular complexity index is 348. The quantitative estimate of drug-likeness (QED) is 0.813. The lowest BCUT2D eigenvalue weighted by Gasteiger charge is -2.13. The van der Waals surface area contributed by atoms with E-state index in [0.717, 1.165) is 17.2 Å². The molecule has 0 bridgehead atoms. The van der Waals surface area contributed by atoms with Crippen LogP contribution >= 0.6 is 11.5 Å². The maximum absolute atomic E-state index is 11.9. The predicted octanol–water partition coefficient (Wildman–Crippen LogP) is 1.16. The van der Waals surface area contributed by atoms with E-state index in [1.165, 1.54) is 0 Å². The van der Waals surface area contributed by atoms with Gasteiger partial charge in [-0.1, -0.05) is 25.3 Å². The van der Waals surface area contributed by atoms with Crippen LogP contribution in [0.1, 0.15) is 48.5 Å². The lowest BCUT2D eigenvalue weighted by atomic mass is 10.1. The van der Waals surface area contributed by atoms with E-state index in [-0.39, 0.29) is 24.5 Å². The van der Waals surface area contributed by atoms with Crippen molar-refractivity contribution in [1.29, 1.82) is 0 Å². The topological polar surface area (TPSA) is 75.1 Å². The molecule has 0 unspecified atom stereocenters. The number of aromatic nitrogens is 2. The van der Waals surface area contributed by atoms with Crippen LogP contribution < -0.4 is 5.32 Å². The van der Waals surface area contributed by atoms with Gasteiger partial charge < -0.3 is 10.4 Å². The number of carbonyl (C=O) groups is 1. The Hall–Kier alpha value is -1.01. The van der Waals surface area contributed by atoms with Crippen LogP contribution in [0.25, 0.3) is 0 Å². The van der Waals surface area contributed by atoms with Crippen molar-refractivity contribution in [3.63, 3.8) is 0 Å². The van der Waals surface area contributed by atoms with Crippen molar-refractivity contribution in [2.45, 2.75) is 39.2 Å². The number of carbonyl (C=O) groups excluding carboxylic acids is 1. The summed E-state index contributed by atoms with van der Waals surface area (Å²) in [6.45, 7) is 5.80. The zero-order chi connectivity index (χ0) is 12.1. The van der Waals surface area contributed by atoms with E-state index in [2.05, 4.69) is 14.9 Å². The average Bonchev–Trinajstić information content (AvgIpc) is 2.74. The zero-order valence-corrected chi connectivity index (χ0v) is 10.5. The van der Waals surface area contributed by atoms with Crippen LogP contribution in [0.2, 0.25) is 0 Å². The van der Waals surface area contributed by atoms with Crippen molar-refractivity contribution in [2.24, 2.45) is 0 Å². The van der Waals surface area contributed by atoms with Crippen LogP contribution in [0.5, 0.6) is 0 Å². The number of hydrogen-bond donors (Lipinski definition) is 2. The van der Waals surface area contributed by atoms with Gasteiger partial charge in [0.2, 0.25) is 0 Å². The maximum atomic E-state index is 11.9. The summed E-state index contributed by atoms with van der Waals surface area (Å²) in [5, 5.41) is 15.7. The minimum atomic E-state index is -0.199. The van der Waals surface area contributed by atoms with Gasteiger partial charge in [0.25, 0.3) is 5.91 Å². The number of aliphatic hydroxyl groups excluding tert-OH is 1. The van der Waals surface area contributed by atoms with E-state index in [1.54, 1.807) is 0 Å². The second-order valence-corrected chi connectivity index (χ2v) is 4.66. The van der Waals surface area contributed by atoms with Gasteiger partial charge in [-0.25, -0.2) is 0 Å². The van der Waals surface area contributed by atoms with Gasteiger partial charge in [-0.05, 0) is 23.9 Å². The second kappa shape index (κ2) is 5.91. The normalized spacial score (nSPS) is 12.8. The van der Waals surface area contributed by atoms with Crippen LogP contribution in [0.15, 0.2) is 0 Å². The predicted molar refractivity (Wildman–Crippen MR) is 62.6 cm³/mol. The largest absolute Gasteiger partial charge is 0.394 e. The molecule has 5 nitrogen and oxygen atoms in total. The van der Waals surface area contributed by atoms with Gasteiger partial charge in [0.1, 0.15) is 4.88 Å². The zero-order valence-electron chi connectivity index (χ0n) is 9.73. The number of amides is 1. The molecule has 1 rings (SSSR count). The maximum Gasteiger partial charge on any atom is 0.265 e. The van der Waals surface area contributed by atoms with Crippen LogP contribution in [0.3, 0.4) is 0 Å². The molecule has 2 N–H and O–H groups in total. The fourth-order valence-electron chi connectivity index (χ4n) is 1.26. The van der Waals surface area contributed by atoms with E-state index in [0.29, 0.717) is 11.3 Å². The molecule has 6 heteroatoms. The molecule has 0 fully saturated rings. The van der Waals surface area contributed by atoms with Crippen LogP contribution in [0, 0.1) is 0 Å². The Labute approximate surface area is 99.0 Å². The smallest absolute Gasteiger partial charge is 0.265 e. The van der Waals surface area contributed by atoms with Gasteiger partial charge in [0.05, 0.1) is 18.3 Å². The highest BCUT2D eigenvalue weighted by Gasteiger charge is 2.20. The van der Waals surface area contributed by atoms with Gasteiger partial charge in [-0.15, -0.1) is 5.10 Å². The number of nitrogens with zero attached hydrogens (tertiary/aromatic N) is 2. The molecule has 0 aliphatic heterocycles. The van der Waals surface area contributed by atoms with Gasteiger partial charge in [-0.2, -0.15) is 0 Å². The molecule has 0 spiro atoms. The molecule has 0 aromatic carbocycles. The third-order valence-electron chi connectivity index (χ3n) is 2.31. The number of rotatable bonds is 5. The van der Waals surface area contributed by atoms with E-state index in [1.807, 2.05) is 20.8 Å². The molecule has 1 aromatic heterocycles. The van der Waals surface area contributed by atoms with Gasteiger partial charge in [0.15, 0.2) is 0 Å². The SMILES string of the molecule is CC[C@H](CO)NC(=O)c1snnc1C(C)C. The van der Waals surface area contributed by atoms with Crippen LogP contribution in [-0.4, -0.2) is 33.2 Å². The first-order chi connectivity index (χ1) is 7.60. The van der Waals surface area contributed by atoms with Crippen molar-refractivity contribution in [3.8, 4) is 0 Å². The van der Waals surface area contributed by atoms with Crippen molar-refractivity contribution in [2.75, 3.05) is 6.61 Å². The molecule has 0 saturated heterocycles. The minimum Gasteiger partial charge on any atom is -0.394 e. The molecular formula is C10H17N3O2S. The summed E-state index contributed by atoms with van der Waals surface area (Å²) in [6, 6.07) is -0.199. The van der Waals surface area contributed by atoms with Crippen LogP contribution in [0.4, 0.5) is 0 Å². The molecule has 16 heavy (non-hydrogen) atoms. The fourth-order valence-corrected chi connectivity index (χ4v) is 1.98. The molecule has 1 heterocycles. The van der Waals surface area contributed by atoms with Gasteiger partial charge in [-0.3, -0.25) is 4.79 Å². The Morgan fingerprint density at radius 2 is 2.25 bits per heavy atom. The van der Waals surface area contributed by atoms with Crippen molar-refractivity contribution < 1.29 is 9.90 Å². The number of nitrogens with one attached hydrogen (secondary N) is 1. The van der Waals surface area contributed by atoms with Crippen molar-refractivity contribution >= 4 is 17.4 Å². The van der Waals surface area contributed by atoms with E-state index >= 15 is 0 Å². The molecule has 1 atom stereocenters. The lowest BCUT2D eigenvalue weighted by molar-refractivity contribution is 0.0917. The lowest BCUT2D eigenvalue weighted by Crippen LogP contribution is -2.37. The molecule has 0 aliphatic rings. The first kappa shape index (κ1) is 13.1. The molecule has 0 saturated carbocycles. The van der Waals surface area contributed by atoms with Gasteiger partial charge in [0, 0.05) is 0 Å². The summed E-state index contributed by atoms with van der Waals surface area (Å²) in [7, 11) is 0. The average molecular weight is 243 g/mol. The number of hydrogen-bond acceptors (Lipinski definition) is 5. The monoisotopic (exact) mass is 243 g/mol. The summed E-state index contributed by atoms with van der Waals surface area (Å²) in [5.41, 5.74) is 0.718. The Kier molecular flexibility index (Phi) is 4.82. The fraction of sp³-hybridized carbons (Fsp3) is 0.700. The van der Waals surface area contributed by atoms with Crippen LogP contribution in [-0.2, 0) is 0 Å². The number of aliphatic hydroxyl groups is 1. The highest BCUT2D eigenvalue weighted by Crippen LogP contribution is 2.19. The second-order valence-electron chi connectivity index (χ2n) is 3.90. The third kappa shape index (κ3) is 2.99. The standard InChI is InChI=1S/C10H17N3O2S/c1-4-7(5-14)11-10(15)9-8(6(2)3)12-13-16-9/h6-7,14H,4-5H2,1-3H3,(H,11,15)/t7-/m1/s1. The summed E-state index contributed by atoms with van der Waals surface area (Å²) >= 11 is 1.09. The first-order valence-electron chi connectivity index (χ1n) is 5.34. The van der Waals surface area contributed by atoms with Crippen molar-refractivity contribution in [1.82, 2.24) is 14.9 Å². The van der Waals surface area contributed by atoms with Gasteiger partial charge >= 0.3 is 0 Å². The Morgan fingerprint density at radius 1 is 1.56 bits per heavy atom. The molecule has 0 aliphatic carbocycles. The molecule has 90 valence electrons. The Balaban J connectivity index is 2.76. The highest BCUT2D eigenvalue weighted by molar-refractivity contribution is 7.08. The molecule has 1 amide bonds. The Morgan fingerprint density at radius 3 is 2.75 bits per heavy atom. The minimum absolute atomic E-state index is 0.0501. The summed E-state index contributed by atoms with van der Waals surface area (Å²) in [4.78, 5) is 12.4. The van der Waals surface area contributed by atoms with Crippen molar-refractivity contribution in [3.05, 3.63) is 10.6 Å². The molecular weight excluding hydrogens is 226 g/mol. The summed E-state index contributed by atoms with van der Waals surface area (Å²) < 4.78 is 3.79. The first-order valence-corrected chi connectivity index (χ1v) is 6.11. The molecule has 0 radical (unpaired) electrons. The molecule has 1 aromatic rings.